The normalized spacial score (nSPS) is 24.6. The molecule has 2 aliphatic rings. The van der Waals surface area contributed by atoms with Crippen molar-refractivity contribution in [1.29, 1.82) is 5.26 Å². The average Bonchev–Trinajstić information content (AvgIpc) is 3.55. The molecule has 6 atom stereocenters. The summed E-state index contributed by atoms with van der Waals surface area (Å²) in [5.41, 5.74) is 2.19. The van der Waals surface area contributed by atoms with Gasteiger partial charge in [0.15, 0.2) is 0 Å². The van der Waals surface area contributed by atoms with E-state index >= 15 is 4.39 Å². The highest BCUT2D eigenvalue weighted by Gasteiger charge is 2.58. The van der Waals surface area contributed by atoms with E-state index < -0.39 is 35.5 Å². The molecule has 1 aliphatic heterocycles. The molecule has 2 amide bonds. The molecular weight excluding hydrogens is 509 g/mol. The second kappa shape index (κ2) is 10.2. The number of nitriles is 1. The van der Waals surface area contributed by atoms with Gasteiger partial charge in [0, 0.05) is 24.9 Å². The number of amides is 2. The zero-order valence-electron chi connectivity index (χ0n) is 23.8. The van der Waals surface area contributed by atoms with E-state index in [9.17, 15) is 14.9 Å². The Bertz CT molecular complexity index is 1500. The van der Waals surface area contributed by atoms with Crippen LogP contribution in [0, 0.1) is 34.9 Å². The van der Waals surface area contributed by atoms with Crippen LogP contribution in [0.25, 0.3) is 22.0 Å². The van der Waals surface area contributed by atoms with Gasteiger partial charge in [0.1, 0.15) is 23.5 Å². The predicted molar refractivity (Wildman–Crippen MR) is 149 cm³/mol. The Morgan fingerprint density at radius 3 is 2.55 bits per heavy atom. The zero-order chi connectivity index (χ0) is 28.9. The number of aryl methyl sites for hydroxylation is 1. The van der Waals surface area contributed by atoms with Gasteiger partial charge in [-0.25, -0.2) is 9.18 Å². The zero-order valence-corrected chi connectivity index (χ0v) is 23.8. The number of benzene rings is 2. The predicted octanol–water partition coefficient (Wildman–Crippen LogP) is 5.21. The van der Waals surface area contributed by atoms with Crippen molar-refractivity contribution in [2.75, 3.05) is 0 Å². The number of carbonyl (C=O) groups is 2. The molecule has 1 saturated carbocycles. The lowest BCUT2D eigenvalue weighted by Gasteiger charge is -2.41. The summed E-state index contributed by atoms with van der Waals surface area (Å²) in [7, 11) is 1.87. The van der Waals surface area contributed by atoms with Gasteiger partial charge < -0.3 is 10.1 Å². The number of nitrogens with one attached hydrogen (secondary N) is 1. The van der Waals surface area contributed by atoms with E-state index in [0.29, 0.717) is 11.1 Å². The minimum atomic E-state index is -0.952. The van der Waals surface area contributed by atoms with Gasteiger partial charge in [-0.3, -0.25) is 14.4 Å². The fourth-order valence-electron chi connectivity index (χ4n) is 6.37. The Morgan fingerprint density at radius 1 is 1.18 bits per heavy atom. The third-order valence-corrected chi connectivity index (χ3v) is 8.59. The molecular formula is C31H36FN5O3. The first-order valence-electron chi connectivity index (χ1n) is 13.8. The molecule has 1 aliphatic carbocycles. The van der Waals surface area contributed by atoms with Crippen molar-refractivity contribution in [3.63, 3.8) is 0 Å². The number of carbonyl (C=O) groups excluding carboxylic acids is 2. The van der Waals surface area contributed by atoms with Crippen LogP contribution in [-0.2, 0) is 23.0 Å². The summed E-state index contributed by atoms with van der Waals surface area (Å²) in [5.74, 6) is -0.391. The van der Waals surface area contributed by atoms with Crippen molar-refractivity contribution in [3.05, 3.63) is 54.0 Å². The molecule has 9 heteroatoms. The molecule has 2 bridgehead atoms. The summed E-state index contributed by atoms with van der Waals surface area (Å²) in [4.78, 5) is 28.3. The van der Waals surface area contributed by atoms with Gasteiger partial charge in [0.2, 0.25) is 5.91 Å². The number of fused-ring (bicyclic) bond motifs is 3. The van der Waals surface area contributed by atoms with Crippen LogP contribution in [0.4, 0.5) is 9.18 Å². The third kappa shape index (κ3) is 5.03. The molecule has 0 unspecified atom stereocenters. The Hall–Kier alpha value is -3.93. The monoisotopic (exact) mass is 545 g/mol. The fraction of sp³-hybridized carbons (Fsp3) is 0.484. The van der Waals surface area contributed by atoms with E-state index in [1.165, 1.54) is 6.07 Å². The highest BCUT2D eigenvalue weighted by Crippen LogP contribution is 2.50. The quantitative estimate of drug-likeness (QED) is 0.474. The average molecular weight is 546 g/mol. The summed E-state index contributed by atoms with van der Waals surface area (Å²) in [6.45, 7) is 9.59. The number of hydrogen-bond acceptors (Lipinski definition) is 5. The number of aromatic nitrogens is 2. The maximum absolute atomic E-state index is 15.2. The number of hydrogen-bond donors (Lipinski definition) is 1. The number of piperidine rings is 1. The van der Waals surface area contributed by atoms with Crippen molar-refractivity contribution >= 4 is 22.9 Å². The minimum absolute atomic E-state index is 0.00913. The van der Waals surface area contributed by atoms with Crippen LogP contribution in [0.5, 0.6) is 0 Å². The summed E-state index contributed by atoms with van der Waals surface area (Å²) >= 11 is 0. The van der Waals surface area contributed by atoms with Crippen LogP contribution in [0.3, 0.4) is 0 Å². The summed E-state index contributed by atoms with van der Waals surface area (Å²) in [6.07, 6.45) is 1.98. The number of ether oxygens (including phenoxy) is 1. The smallest absolute Gasteiger partial charge is 0.411 e. The number of rotatable bonds is 5. The van der Waals surface area contributed by atoms with Gasteiger partial charge in [-0.2, -0.15) is 10.4 Å². The highest BCUT2D eigenvalue weighted by molar-refractivity contribution is 5.88. The molecule has 40 heavy (non-hydrogen) atoms. The van der Waals surface area contributed by atoms with Crippen LogP contribution < -0.4 is 5.32 Å². The molecule has 210 valence electrons. The first-order valence-corrected chi connectivity index (χ1v) is 13.8. The van der Waals surface area contributed by atoms with Crippen molar-refractivity contribution in [2.24, 2.45) is 24.8 Å². The van der Waals surface area contributed by atoms with Gasteiger partial charge in [-0.15, -0.1) is 0 Å². The summed E-state index contributed by atoms with van der Waals surface area (Å²) in [6, 6.07) is 11.1. The number of likely N-dealkylation sites (tertiary alicyclic amines) is 1. The van der Waals surface area contributed by atoms with Gasteiger partial charge in [0.25, 0.3) is 0 Å². The van der Waals surface area contributed by atoms with Crippen molar-refractivity contribution in [3.8, 4) is 17.2 Å². The van der Waals surface area contributed by atoms with Crippen LogP contribution in [0.2, 0.25) is 0 Å². The summed E-state index contributed by atoms with van der Waals surface area (Å²) in [5, 5.41) is 17.9. The van der Waals surface area contributed by atoms with Gasteiger partial charge in [-0.05, 0) is 79.8 Å². The van der Waals surface area contributed by atoms with Gasteiger partial charge in [0.05, 0.1) is 17.8 Å². The highest BCUT2D eigenvalue weighted by atomic mass is 19.1. The Morgan fingerprint density at radius 2 is 1.88 bits per heavy atom. The van der Waals surface area contributed by atoms with E-state index in [1.807, 2.05) is 31.3 Å². The lowest BCUT2D eigenvalue weighted by Crippen LogP contribution is -2.58. The Kier molecular flexibility index (Phi) is 7.07. The number of nitrogens with zero attached hydrogens (tertiary/aromatic N) is 4. The van der Waals surface area contributed by atoms with E-state index in [4.69, 9.17) is 4.74 Å². The molecule has 1 N–H and O–H groups in total. The second-order valence-corrected chi connectivity index (χ2v) is 12.3. The first kappa shape index (κ1) is 27.6. The molecule has 2 fully saturated rings. The largest absolute Gasteiger partial charge is 0.444 e. The van der Waals surface area contributed by atoms with Crippen molar-refractivity contribution in [2.45, 2.75) is 71.2 Å². The van der Waals surface area contributed by atoms with Crippen molar-refractivity contribution in [1.82, 2.24) is 20.0 Å². The SMILES string of the molecule is C[C@@H]1[C@H](C)[C@H]2C[C@H]1[C@@H](C(=O)N[C@H](C#N)Cc1ccc(-c3ccc4c(cnn4C)c3)cc1F)N2C(=O)OC(C)(C)C. The first-order chi connectivity index (χ1) is 18.9. The fourth-order valence-corrected chi connectivity index (χ4v) is 6.37. The topological polar surface area (TPSA) is 100 Å². The lowest BCUT2D eigenvalue weighted by molar-refractivity contribution is -0.130. The van der Waals surface area contributed by atoms with Gasteiger partial charge >= 0.3 is 6.09 Å². The Labute approximate surface area is 234 Å². The molecule has 3 aromatic rings. The molecule has 2 heterocycles. The molecule has 1 aromatic heterocycles. The molecule has 5 rings (SSSR count). The molecule has 0 spiro atoms. The lowest BCUT2D eigenvalue weighted by atomic mass is 9.83. The van der Waals surface area contributed by atoms with E-state index in [2.05, 4.69) is 30.3 Å². The van der Waals surface area contributed by atoms with E-state index in [-0.39, 0.29) is 30.2 Å². The molecule has 8 nitrogen and oxygen atoms in total. The molecule has 0 radical (unpaired) electrons. The third-order valence-electron chi connectivity index (χ3n) is 8.59. The van der Waals surface area contributed by atoms with Crippen LogP contribution >= 0.6 is 0 Å². The summed E-state index contributed by atoms with van der Waals surface area (Å²) < 4.78 is 22.6. The van der Waals surface area contributed by atoms with Crippen LogP contribution in [0.15, 0.2) is 42.6 Å². The maximum Gasteiger partial charge on any atom is 0.411 e. The molecule has 2 aromatic carbocycles. The second-order valence-electron chi connectivity index (χ2n) is 12.3. The number of halogens is 1. The maximum atomic E-state index is 15.2. The molecule has 1 saturated heterocycles. The van der Waals surface area contributed by atoms with E-state index in [0.717, 1.165) is 22.9 Å². The van der Waals surface area contributed by atoms with E-state index in [1.54, 1.807) is 42.6 Å². The van der Waals surface area contributed by atoms with Crippen LogP contribution in [-0.4, -0.2) is 50.4 Å². The van der Waals surface area contributed by atoms with Crippen LogP contribution in [0.1, 0.15) is 46.6 Å². The standard InChI is InChI=1S/C31H36FN5O3/c1-17-18(2)27-14-24(17)28(37(27)30(39)40-31(3,4)5)29(38)35-23(15-33)12-21-8-7-20(13-25(21)32)19-9-10-26-22(11-19)16-34-36(26)6/h7-11,13,16-18,23-24,27-28H,12,14H2,1-6H3,(H,35,38)/t17-,18+,23+,24-,27-,28+/m1/s1. The Balaban J connectivity index is 1.31. The minimum Gasteiger partial charge on any atom is -0.444 e. The van der Waals surface area contributed by atoms with Gasteiger partial charge in [-0.1, -0.05) is 32.0 Å². The van der Waals surface area contributed by atoms with Crippen molar-refractivity contribution < 1.29 is 18.7 Å².